The third kappa shape index (κ3) is 2.48. The fraction of sp³-hybridized carbons (Fsp3) is 0. The molecule has 0 saturated carbocycles. The lowest BCUT2D eigenvalue weighted by Crippen LogP contribution is -1.97. The summed E-state index contributed by atoms with van der Waals surface area (Å²) in [6.45, 7) is 0. The molecule has 1 aromatic carbocycles. The molecule has 92 valence electrons. The van der Waals surface area contributed by atoms with Gasteiger partial charge < -0.3 is 10.5 Å². The number of aromatic nitrogens is 2. The van der Waals surface area contributed by atoms with E-state index in [0.29, 0.717) is 0 Å². The van der Waals surface area contributed by atoms with Crippen molar-refractivity contribution in [3.63, 3.8) is 0 Å². The second-order valence-electron chi connectivity index (χ2n) is 3.23. The lowest BCUT2D eigenvalue weighted by Gasteiger charge is -2.04. The van der Waals surface area contributed by atoms with Crippen molar-refractivity contribution in [2.45, 2.75) is 0 Å². The number of rotatable bonds is 3. The second-order valence-corrected chi connectivity index (χ2v) is 3.23. The number of nitro groups is 1. The molecule has 2 N–H and O–H groups in total. The zero-order valence-corrected chi connectivity index (χ0v) is 8.91. The summed E-state index contributed by atoms with van der Waals surface area (Å²) in [5.41, 5.74) is 4.72. The molecule has 7 nitrogen and oxygen atoms in total. The number of ether oxygens (including phenoxy) is 1. The molecule has 0 radical (unpaired) electrons. The van der Waals surface area contributed by atoms with Gasteiger partial charge >= 0.3 is 5.69 Å². The van der Waals surface area contributed by atoms with Crippen LogP contribution in [-0.2, 0) is 0 Å². The third-order valence-electron chi connectivity index (χ3n) is 1.99. The third-order valence-corrected chi connectivity index (χ3v) is 1.99. The topological polar surface area (TPSA) is 104 Å². The first kappa shape index (κ1) is 11.7. The molecule has 0 aliphatic carbocycles. The quantitative estimate of drug-likeness (QED) is 0.658. The van der Waals surface area contributed by atoms with Crippen molar-refractivity contribution < 1.29 is 14.1 Å². The summed E-state index contributed by atoms with van der Waals surface area (Å²) in [6.07, 6.45) is 1.37. The van der Waals surface area contributed by atoms with Crippen LogP contribution in [0.15, 0.2) is 30.5 Å². The van der Waals surface area contributed by atoms with Crippen molar-refractivity contribution in [1.82, 2.24) is 9.97 Å². The Labute approximate surface area is 100 Å². The van der Waals surface area contributed by atoms with E-state index < -0.39 is 16.4 Å². The normalized spacial score (nSPS) is 10.1. The number of nitrogens with two attached hydrogens (primary N) is 1. The molecule has 1 heterocycles. The van der Waals surface area contributed by atoms with Crippen molar-refractivity contribution in [1.29, 1.82) is 0 Å². The van der Waals surface area contributed by atoms with Crippen LogP contribution in [0.4, 0.5) is 16.0 Å². The van der Waals surface area contributed by atoms with Gasteiger partial charge in [0.05, 0.1) is 4.92 Å². The summed E-state index contributed by atoms with van der Waals surface area (Å²) in [5.74, 6) is -0.777. The average Bonchev–Trinajstić information content (AvgIpc) is 2.28. The fourth-order valence-electron chi connectivity index (χ4n) is 1.23. The van der Waals surface area contributed by atoms with Crippen molar-refractivity contribution in [2.75, 3.05) is 5.73 Å². The summed E-state index contributed by atoms with van der Waals surface area (Å²) in [6, 6.07) is 4.60. The predicted molar refractivity (Wildman–Crippen MR) is 59.6 cm³/mol. The number of nitrogen functional groups attached to an aromatic ring is 1. The van der Waals surface area contributed by atoms with Gasteiger partial charge in [-0.25, -0.2) is 4.98 Å². The van der Waals surface area contributed by atoms with Crippen LogP contribution in [0.1, 0.15) is 0 Å². The van der Waals surface area contributed by atoms with Crippen LogP contribution in [0.3, 0.4) is 0 Å². The summed E-state index contributed by atoms with van der Waals surface area (Å²) in [5, 5.41) is 10.4. The molecule has 2 rings (SSSR count). The highest BCUT2D eigenvalue weighted by atomic mass is 19.1. The van der Waals surface area contributed by atoms with Gasteiger partial charge in [-0.05, 0) is 6.07 Å². The van der Waals surface area contributed by atoms with Crippen LogP contribution < -0.4 is 10.5 Å². The highest BCUT2D eigenvalue weighted by Gasteiger charge is 2.14. The summed E-state index contributed by atoms with van der Waals surface area (Å²) in [7, 11) is 0. The molecule has 0 spiro atoms. The van der Waals surface area contributed by atoms with Gasteiger partial charge in [-0.1, -0.05) is 0 Å². The first-order chi connectivity index (χ1) is 8.56. The Morgan fingerprint density at radius 3 is 2.78 bits per heavy atom. The van der Waals surface area contributed by atoms with E-state index in [0.717, 1.165) is 12.1 Å². The van der Waals surface area contributed by atoms with E-state index >= 15 is 0 Å². The maximum atomic E-state index is 13.3. The fourth-order valence-corrected chi connectivity index (χ4v) is 1.23. The SMILES string of the molecule is Nc1nccc(Oc2ccc([N+](=O)[O-])c(F)c2)n1. The van der Waals surface area contributed by atoms with Crippen LogP contribution in [-0.4, -0.2) is 14.9 Å². The molecular weight excluding hydrogens is 243 g/mol. The van der Waals surface area contributed by atoms with Gasteiger partial charge in [-0.3, -0.25) is 10.1 Å². The highest BCUT2D eigenvalue weighted by molar-refractivity contribution is 5.39. The number of nitro benzene ring substituents is 1. The Kier molecular flexibility index (Phi) is 3.00. The minimum absolute atomic E-state index is 0.00915. The molecular formula is C10H7FN4O3. The molecule has 0 aliphatic rings. The molecule has 8 heteroatoms. The minimum Gasteiger partial charge on any atom is -0.439 e. The zero-order valence-electron chi connectivity index (χ0n) is 8.91. The average molecular weight is 250 g/mol. The molecule has 18 heavy (non-hydrogen) atoms. The Balaban J connectivity index is 2.25. The maximum absolute atomic E-state index is 13.3. The summed E-state index contributed by atoms with van der Waals surface area (Å²) >= 11 is 0. The van der Waals surface area contributed by atoms with Crippen LogP contribution in [0.25, 0.3) is 0 Å². The highest BCUT2D eigenvalue weighted by Crippen LogP contribution is 2.25. The van der Waals surface area contributed by atoms with E-state index in [1.807, 2.05) is 0 Å². The van der Waals surface area contributed by atoms with Crippen LogP contribution >= 0.6 is 0 Å². The first-order valence-corrected chi connectivity index (χ1v) is 4.76. The van der Waals surface area contributed by atoms with Crippen molar-refractivity contribution in [2.24, 2.45) is 0 Å². The van der Waals surface area contributed by atoms with E-state index in [9.17, 15) is 14.5 Å². The monoisotopic (exact) mass is 250 g/mol. The van der Waals surface area contributed by atoms with Crippen molar-refractivity contribution in [3.05, 3.63) is 46.4 Å². The van der Waals surface area contributed by atoms with Crippen molar-refractivity contribution >= 4 is 11.6 Å². The molecule has 1 aromatic heterocycles. The molecule has 0 aliphatic heterocycles. The molecule has 2 aromatic rings. The van der Waals surface area contributed by atoms with E-state index in [2.05, 4.69) is 9.97 Å². The van der Waals surface area contributed by atoms with E-state index in [1.54, 1.807) is 0 Å². The number of benzene rings is 1. The van der Waals surface area contributed by atoms with E-state index in [1.165, 1.54) is 18.3 Å². The molecule has 0 unspecified atom stereocenters. The minimum atomic E-state index is -0.987. The molecule has 0 fully saturated rings. The molecule has 0 atom stereocenters. The van der Waals surface area contributed by atoms with Crippen LogP contribution in [0, 0.1) is 15.9 Å². The number of hydrogen-bond donors (Lipinski definition) is 1. The summed E-state index contributed by atoms with van der Waals surface area (Å²) in [4.78, 5) is 17.0. The van der Waals surface area contributed by atoms with Gasteiger partial charge in [0.2, 0.25) is 17.6 Å². The lowest BCUT2D eigenvalue weighted by atomic mass is 10.3. The number of halogens is 1. The number of hydrogen-bond acceptors (Lipinski definition) is 6. The van der Waals surface area contributed by atoms with Gasteiger partial charge in [0.1, 0.15) is 5.75 Å². The Morgan fingerprint density at radius 1 is 1.39 bits per heavy atom. The molecule has 0 amide bonds. The van der Waals surface area contributed by atoms with E-state index in [4.69, 9.17) is 10.5 Å². The van der Waals surface area contributed by atoms with Gasteiger partial charge in [-0.15, -0.1) is 0 Å². The zero-order chi connectivity index (χ0) is 13.1. The van der Waals surface area contributed by atoms with Crippen LogP contribution in [0.5, 0.6) is 11.6 Å². The van der Waals surface area contributed by atoms with Crippen LogP contribution in [0.2, 0.25) is 0 Å². The molecule has 0 saturated heterocycles. The Hall–Kier alpha value is -2.77. The second kappa shape index (κ2) is 4.62. The number of nitrogens with zero attached hydrogens (tertiary/aromatic N) is 3. The smallest absolute Gasteiger partial charge is 0.305 e. The van der Waals surface area contributed by atoms with Gasteiger partial charge in [0.15, 0.2) is 0 Å². The summed E-state index contributed by atoms with van der Waals surface area (Å²) < 4.78 is 18.5. The van der Waals surface area contributed by atoms with Gasteiger partial charge in [0, 0.05) is 24.4 Å². The van der Waals surface area contributed by atoms with Crippen molar-refractivity contribution in [3.8, 4) is 11.6 Å². The van der Waals surface area contributed by atoms with E-state index in [-0.39, 0.29) is 17.6 Å². The predicted octanol–water partition coefficient (Wildman–Crippen LogP) is 1.90. The Morgan fingerprint density at radius 2 is 2.17 bits per heavy atom. The van der Waals surface area contributed by atoms with Gasteiger partial charge in [-0.2, -0.15) is 9.37 Å². The lowest BCUT2D eigenvalue weighted by molar-refractivity contribution is -0.387. The molecule has 0 bridgehead atoms. The van der Waals surface area contributed by atoms with Gasteiger partial charge in [0.25, 0.3) is 0 Å². The maximum Gasteiger partial charge on any atom is 0.305 e. The Bertz CT molecular complexity index is 605. The first-order valence-electron chi connectivity index (χ1n) is 4.76. The largest absolute Gasteiger partial charge is 0.439 e. The standard InChI is InChI=1S/C10H7FN4O3/c11-7-5-6(1-2-8(7)15(16)17)18-9-3-4-13-10(12)14-9/h1-5H,(H2,12,13,14). The number of anilines is 1.